The predicted octanol–water partition coefficient (Wildman–Crippen LogP) is 4.08. The molecule has 5 nitrogen and oxygen atoms in total. The van der Waals surface area contributed by atoms with E-state index in [2.05, 4.69) is 23.5 Å². The summed E-state index contributed by atoms with van der Waals surface area (Å²) in [5.74, 6) is 1.21. The lowest BCUT2D eigenvalue weighted by Crippen LogP contribution is -2.13. The smallest absolute Gasteiger partial charge is 0.411 e. The fraction of sp³-hybridized carbons (Fsp3) is 0.316. The molecule has 0 bridgehead atoms. The fourth-order valence-corrected chi connectivity index (χ4v) is 2.20. The molecule has 0 unspecified atom stereocenters. The van der Waals surface area contributed by atoms with Crippen LogP contribution in [0.4, 0.5) is 10.5 Å². The van der Waals surface area contributed by atoms with Crippen LogP contribution in [0.5, 0.6) is 11.5 Å². The summed E-state index contributed by atoms with van der Waals surface area (Å²) in [6.07, 6.45) is 1.35. The number of ether oxygens (including phenoxy) is 3. The minimum atomic E-state index is -0.492. The van der Waals surface area contributed by atoms with Crippen molar-refractivity contribution >= 4 is 11.8 Å². The first-order valence-corrected chi connectivity index (χ1v) is 7.92. The monoisotopic (exact) mass is 328 g/mol. The largest absolute Gasteiger partial charge is 0.493 e. The van der Waals surface area contributed by atoms with Crippen LogP contribution in [-0.2, 0) is 11.2 Å². The summed E-state index contributed by atoms with van der Waals surface area (Å²) in [6.45, 7) is 2.66. The first-order chi connectivity index (χ1) is 11.7. The molecule has 0 fully saturated rings. The van der Waals surface area contributed by atoms with Crippen LogP contribution in [0.2, 0.25) is 0 Å². The van der Waals surface area contributed by atoms with E-state index >= 15 is 0 Å². The summed E-state index contributed by atoms with van der Waals surface area (Å²) >= 11 is 0. The zero-order chi connectivity index (χ0) is 17.2. The lowest BCUT2D eigenvalue weighted by atomic mass is 10.1. The van der Waals surface area contributed by atoms with Crippen LogP contribution < -0.4 is 14.8 Å². The van der Waals surface area contributed by atoms with Crippen molar-refractivity contribution in [2.45, 2.75) is 19.8 Å². The van der Waals surface area contributed by atoms with Crippen LogP contribution in [0, 0.1) is 6.07 Å². The van der Waals surface area contributed by atoms with Crippen LogP contribution in [0.25, 0.3) is 0 Å². The lowest BCUT2D eigenvalue weighted by molar-refractivity contribution is 0.168. The maximum atomic E-state index is 11.4. The Hall–Kier alpha value is -2.69. The molecule has 2 rings (SSSR count). The van der Waals surface area contributed by atoms with Gasteiger partial charge in [-0.1, -0.05) is 24.3 Å². The van der Waals surface area contributed by atoms with E-state index < -0.39 is 6.09 Å². The zero-order valence-corrected chi connectivity index (χ0v) is 14.0. The molecule has 0 aliphatic carbocycles. The van der Waals surface area contributed by atoms with E-state index in [1.165, 1.54) is 5.56 Å². The van der Waals surface area contributed by atoms with Crippen molar-refractivity contribution in [1.29, 1.82) is 0 Å². The molecule has 127 valence electrons. The molecule has 0 heterocycles. The van der Waals surface area contributed by atoms with Gasteiger partial charge in [-0.15, -0.1) is 0 Å². The molecule has 0 aromatic heterocycles. The van der Waals surface area contributed by atoms with E-state index in [0.717, 1.165) is 12.8 Å². The van der Waals surface area contributed by atoms with E-state index in [-0.39, 0.29) is 0 Å². The van der Waals surface area contributed by atoms with Gasteiger partial charge in [0.15, 0.2) is 11.5 Å². The van der Waals surface area contributed by atoms with Gasteiger partial charge in [0.2, 0.25) is 0 Å². The van der Waals surface area contributed by atoms with E-state index in [9.17, 15) is 4.79 Å². The van der Waals surface area contributed by atoms with Gasteiger partial charge in [0.25, 0.3) is 0 Å². The van der Waals surface area contributed by atoms with Gasteiger partial charge < -0.3 is 14.2 Å². The molecule has 1 amide bonds. The molecule has 1 N–H and O–H groups in total. The zero-order valence-electron chi connectivity index (χ0n) is 14.0. The maximum Gasteiger partial charge on any atom is 0.411 e. The molecular formula is C19H22NO4. The molecular weight excluding hydrogens is 306 g/mol. The van der Waals surface area contributed by atoms with E-state index in [0.29, 0.717) is 30.4 Å². The topological polar surface area (TPSA) is 56.8 Å². The van der Waals surface area contributed by atoms with Gasteiger partial charge in [-0.2, -0.15) is 0 Å². The SMILES string of the molecule is CCOC(=O)Nc1ccc(OCCCc2cc[c]cc2)c(OC)c1. The second kappa shape index (κ2) is 9.45. The molecule has 0 aliphatic heterocycles. The van der Waals surface area contributed by atoms with Gasteiger partial charge in [0.1, 0.15) is 0 Å². The van der Waals surface area contributed by atoms with Crippen molar-refractivity contribution in [2.24, 2.45) is 0 Å². The molecule has 2 aromatic carbocycles. The van der Waals surface area contributed by atoms with E-state index in [4.69, 9.17) is 14.2 Å². The van der Waals surface area contributed by atoms with E-state index in [1.807, 2.05) is 12.1 Å². The van der Waals surface area contributed by atoms with Crippen LogP contribution in [0.3, 0.4) is 0 Å². The van der Waals surface area contributed by atoms with Gasteiger partial charge in [-0.25, -0.2) is 4.79 Å². The number of amides is 1. The fourth-order valence-electron chi connectivity index (χ4n) is 2.20. The number of methoxy groups -OCH3 is 1. The van der Waals surface area contributed by atoms with Gasteiger partial charge in [-0.05, 0) is 43.5 Å². The summed E-state index contributed by atoms with van der Waals surface area (Å²) in [5, 5.41) is 2.63. The third-order valence-corrected chi connectivity index (χ3v) is 3.34. The molecule has 24 heavy (non-hydrogen) atoms. The van der Waals surface area contributed by atoms with Gasteiger partial charge in [0.05, 0.1) is 20.3 Å². The predicted molar refractivity (Wildman–Crippen MR) is 92.7 cm³/mol. The number of benzene rings is 2. The van der Waals surface area contributed by atoms with Crippen LogP contribution in [-0.4, -0.2) is 26.4 Å². The molecule has 0 spiro atoms. The van der Waals surface area contributed by atoms with Crippen LogP contribution in [0.15, 0.2) is 42.5 Å². The third-order valence-electron chi connectivity index (χ3n) is 3.34. The number of rotatable bonds is 8. The quantitative estimate of drug-likeness (QED) is 0.742. The average Bonchev–Trinajstić information content (AvgIpc) is 2.60. The molecule has 1 radical (unpaired) electrons. The highest BCUT2D eigenvalue weighted by atomic mass is 16.5. The number of hydrogen-bond donors (Lipinski definition) is 1. The Morgan fingerprint density at radius 2 is 1.96 bits per heavy atom. The van der Waals surface area contributed by atoms with Crippen molar-refractivity contribution in [2.75, 3.05) is 25.6 Å². The molecule has 5 heteroatoms. The van der Waals surface area contributed by atoms with Crippen LogP contribution in [0.1, 0.15) is 18.9 Å². The Kier molecular flexibility index (Phi) is 6.95. The number of hydrogen-bond acceptors (Lipinski definition) is 4. The summed E-state index contributed by atoms with van der Waals surface area (Å²) < 4.78 is 15.9. The van der Waals surface area contributed by atoms with Crippen LogP contribution >= 0.6 is 0 Å². The van der Waals surface area contributed by atoms with Crippen molar-refractivity contribution in [1.82, 2.24) is 0 Å². The highest BCUT2D eigenvalue weighted by Crippen LogP contribution is 2.30. The number of carbonyl (C=O) groups excluding carboxylic acids is 1. The third kappa shape index (κ3) is 5.50. The summed E-state index contributed by atoms with van der Waals surface area (Å²) in [7, 11) is 1.57. The normalized spacial score (nSPS) is 10.1. The minimum Gasteiger partial charge on any atom is -0.493 e. The van der Waals surface area contributed by atoms with Crippen molar-refractivity contribution in [3.05, 3.63) is 54.1 Å². The molecule has 0 saturated carbocycles. The number of anilines is 1. The minimum absolute atomic E-state index is 0.323. The second-order valence-corrected chi connectivity index (χ2v) is 5.07. The number of carbonyl (C=O) groups is 1. The average molecular weight is 328 g/mol. The van der Waals surface area contributed by atoms with Crippen molar-refractivity contribution < 1.29 is 19.0 Å². The Bertz CT molecular complexity index is 643. The first kappa shape index (κ1) is 17.7. The molecule has 0 atom stereocenters. The Labute approximate surface area is 142 Å². The molecule has 0 saturated heterocycles. The lowest BCUT2D eigenvalue weighted by Gasteiger charge is -2.13. The Morgan fingerprint density at radius 3 is 2.67 bits per heavy atom. The summed E-state index contributed by atoms with van der Waals surface area (Å²) in [5.41, 5.74) is 1.86. The first-order valence-electron chi connectivity index (χ1n) is 7.92. The van der Waals surface area contributed by atoms with E-state index in [1.54, 1.807) is 32.2 Å². The molecule has 0 aliphatic rings. The maximum absolute atomic E-state index is 11.4. The van der Waals surface area contributed by atoms with Gasteiger partial charge in [-0.3, -0.25) is 5.32 Å². The summed E-state index contributed by atoms with van der Waals surface area (Å²) in [6, 6.07) is 16.2. The highest BCUT2D eigenvalue weighted by molar-refractivity contribution is 5.85. The number of nitrogens with one attached hydrogen (secondary N) is 1. The number of aryl methyl sites for hydroxylation is 1. The Morgan fingerprint density at radius 1 is 1.17 bits per heavy atom. The Balaban J connectivity index is 1.87. The summed E-state index contributed by atoms with van der Waals surface area (Å²) in [4.78, 5) is 11.4. The van der Waals surface area contributed by atoms with Crippen molar-refractivity contribution in [3.63, 3.8) is 0 Å². The highest BCUT2D eigenvalue weighted by Gasteiger charge is 2.08. The van der Waals surface area contributed by atoms with Crippen molar-refractivity contribution in [3.8, 4) is 11.5 Å². The van der Waals surface area contributed by atoms with Gasteiger partial charge in [0, 0.05) is 11.8 Å². The van der Waals surface area contributed by atoms with Gasteiger partial charge >= 0.3 is 6.09 Å². The molecule has 2 aromatic rings. The standard InChI is InChI=1S/C19H22NO4/c1-3-23-19(21)20-16-11-12-17(18(14-16)22-2)24-13-7-10-15-8-5-4-6-9-15/h5-6,8-9,11-12,14H,3,7,10,13H2,1-2H3,(H,20,21). The second-order valence-electron chi connectivity index (χ2n) is 5.07.